The molecule has 0 N–H and O–H groups in total. The van der Waals surface area contributed by atoms with E-state index in [2.05, 4.69) is 66.5 Å². The minimum absolute atomic E-state index is 0.00154. The molecule has 4 aromatic rings. The fraction of sp³-hybridized carbons (Fsp3) is 0.161. The maximum absolute atomic E-state index is 13.7. The molecule has 0 aliphatic carbocycles. The zero-order chi connectivity index (χ0) is 23.8. The molecule has 2 aliphatic heterocycles. The Morgan fingerprint density at radius 2 is 1.49 bits per heavy atom. The second-order valence-corrected chi connectivity index (χ2v) is 9.17. The van der Waals surface area contributed by atoms with Crippen molar-refractivity contribution in [2.45, 2.75) is 31.5 Å². The van der Waals surface area contributed by atoms with E-state index in [9.17, 15) is 4.79 Å². The van der Waals surface area contributed by atoms with Crippen LogP contribution in [-0.4, -0.2) is 22.6 Å². The second-order valence-electron chi connectivity index (χ2n) is 9.17. The normalized spacial score (nSPS) is 20.8. The van der Waals surface area contributed by atoms with Crippen LogP contribution in [0.15, 0.2) is 114 Å². The highest BCUT2D eigenvalue weighted by Crippen LogP contribution is 2.47. The summed E-state index contributed by atoms with van der Waals surface area (Å²) >= 11 is 0. The van der Waals surface area contributed by atoms with Gasteiger partial charge in [-0.25, -0.2) is 0 Å². The van der Waals surface area contributed by atoms with Crippen molar-refractivity contribution < 1.29 is 9.53 Å². The van der Waals surface area contributed by atoms with Crippen molar-refractivity contribution in [2.75, 3.05) is 0 Å². The van der Waals surface area contributed by atoms with E-state index >= 15 is 0 Å². The lowest BCUT2D eigenvalue weighted by Crippen LogP contribution is -2.38. The van der Waals surface area contributed by atoms with Gasteiger partial charge in [-0.15, -0.1) is 0 Å². The van der Waals surface area contributed by atoms with Crippen molar-refractivity contribution in [3.8, 4) is 5.75 Å². The third-order valence-electron chi connectivity index (χ3n) is 6.89. The first-order valence-electron chi connectivity index (χ1n) is 12.0. The fourth-order valence-corrected chi connectivity index (χ4v) is 5.09. The van der Waals surface area contributed by atoms with E-state index in [0.717, 1.165) is 29.0 Å². The van der Waals surface area contributed by atoms with Crippen molar-refractivity contribution in [3.63, 3.8) is 0 Å². The number of benzene rings is 4. The van der Waals surface area contributed by atoms with Crippen LogP contribution in [0.3, 0.4) is 0 Å². The maximum Gasteiger partial charge on any atom is 0.205 e. The minimum Gasteiger partial charge on any atom is -0.479 e. The molecule has 3 unspecified atom stereocenters. The lowest BCUT2D eigenvalue weighted by atomic mass is 9.93. The quantitative estimate of drug-likeness (QED) is 0.319. The van der Waals surface area contributed by atoms with Crippen LogP contribution in [0.1, 0.15) is 51.1 Å². The number of carbonyl (C=O) groups excluding carboxylic acids is 1. The first-order valence-corrected chi connectivity index (χ1v) is 12.0. The molecule has 0 fully saturated rings. The van der Waals surface area contributed by atoms with Crippen LogP contribution < -0.4 is 4.74 Å². The number of Topliss-reactive ketones (excluding diaryl/α,β-unsaturated/α-hetero) is 1. The van der Waals surface area contributed by atoms with E-state index in [-0.39, 0.29) is 17.9 Å². The summed E-state index contributed by atoms with van der Waals surface area (Å²) in [4.78, 5) is 13.7. The summed E-state index contributed by atoms with van der Waals surface area (Å²) in [5.74, 6) is 0.718. The van der Waals surface area contributed by atoms with Gasteiger partial charge in [0.05, 0.1) is 11.8 Å². The second kappa shape index (κ2) is 8.88. The van der Waals surface area contributed by atoms with Crippen LogP contribution in [0, 0.1) is 6.92 Å². The predicted molar refractivity (Wildman–Crippen MR) is 138 cm³/mol. The van der Waals surface area contributed by atoms with E-state index in [1.807, 2.05) is 54.6 Å². The number of carbonyl (C=O) groups is 1. The Hall–Kier alpha value is -4.18. The van der Waals surface area contributed by atoms with Gasteiger partial charge in [0.25, 0.3) is 0 Å². The minimum atomic E-state index is -0.679. The smallest absolute Gasteiger partial charge is 0.205 e. The molecule has 4 nitrogen and oxygen atoms in total. The van der Waals surface area contributed by atoms with Crippen LogP contribution in [0.5, 0.6) is 5.75 Å². The predicted octanol–water partition coefficient (Wildman–Crippen LogP) is 6.53. The number of aryl methyl sites for hydroxylation is 1. The molecular formula is C31H26N2O2. The number of ketones is 1. The van der Waals surface area contributed by atoms with Gasteiger partial charge in [-0.1, -0.05) is 109 Å². The summed E-state index contributed by atoms with van der Waals surface area (Å²) in [6.07, 6.45) is 0.0833. The maximum atomic E-state index is 13.7. The molecule has 3 atom stereocenters. The summed E-state index contributed by atoms with van der Waals surface area (Å²) in [5.41, 5.74) is 6.17. The highest BCUT2D eigenvalue weighted by Gasteiger charge is 2.47. The highest BCUT2D eigenvalue weighted by atomic mass is 16.5. The van der Waals surface area contributed by atoms with E-state index in [1.165, 1.54) is 11.1 Å². The van der Waals surface area contributed by atoms with Crippen LogP contribution in [-0.2, 0) is 0 Å². The van der Waals surface area contributed by atoms with Gasteiger partial charge in [-0.2, -0.15) is 5.10 Å². The van der Waals surface area contributed by atoms with E-state index < -0.39 is 6.10 Å². The van der Waals surface area contributed by atoms with Crippen molar-refractivity contribution in [3.05, 3.63) is 137 Å². The van der Waals surface area contributed by atoms with Crippen LogP contribution in [0.4, 0.5) is 0 Å². The number of para-hydroxylation sites is 1. The molecule has 0 saturated heterocycles. The van der Waals surface area contributed by atoms with Gasteiger partial charge in [0.15, 0.2) is 6.10 Å². The standard InChI is InChI=1S/C31H26N2O2/c1-21-16-18-22(19-17-21)26-20-27(23-10-4-2-5-11-23)33(32-26)29-25-14-8-9-15-28(25)35-31(29)30(34)24-12-6-3-7-13-24/h2-19,27,29,31H,20H2,1H3. The third kappa shape index (κ3) is 3.91. The summed E-state index contributed by atoms with van der Waals surface area (Å²) in [6.45, 7) is 2.09. The topological polar surface area (TPSA) is 41.9 Å². The fourth-order valence-electron chi connectivity index (χ4n) is 5.09. The SMILES string of the molecule is Cc1ccc(C2=NN(C3c4ccccc4OC3C(=O)c3ccccc3)C(c3ccccc3)C2)cc1. The van der Waals surface area contributed by atoms with Gasteiger partial charge in [-0.05, 0) is 24.1 Å². The largest absolute Gasteiger partial charge is 0.479 e. The molecule has 35 heavy (non-hydrogen) atoms. The number of hydrogen-bond donors (Lipinski definition) is 0. The summed E-state index contributed by atoms with van der Waals surface area (Å²) in [6, 6.07) is 35.9. The molecule has 2 heterocycles. The molecule has 4 heteroatoms. The molecule has 4 aromatic carbocycles. The Balaban J connectivity index is 1.46. The molecule has 2 aliphatic rings. The molecule has 172 valence electrons. The summed E-state index contributed by atoms with van der Waals surface area (Å²) in [5, 5.41) is 7.28. The number of ether oxygens (including phenoxy) is 1. The summed E-state index contributed by atoms with van der Waals surface area (Å²) in [7, 11) is 0. The van der Waals surface area contributed by atoms with E-state index in [1.54, 1.807) is 0 Å². The van der Waals surface area contributed by atoms with Crippen LogP contribution in [0.25, 0.3) is 0 Å². The van der Waals surface area contributed by atoms with Crippen molar-refractivity contribution in [1.82, 2.24) is 5.01 Å². The van der Waals surface area contributed by atoms with Crippen molar-refractivity contribution >= 4 is 11.5 Å². The van der Waals surface area contributed by atoms with Crippen LogP contribution >= 0.6 is 0 Å². The molecule has 0 aromatic heterocycles. The third-order valence-corrected chi connectivity index (χ3v) is 6.89. The summed E-state index contributed by atoms with van der Waals surface area (Å²) < 4.78 is 6.33. The van der Waals surface area contributed by atoms with Gasteiger partial charge >= 0.3 is 0 Å². The Bertz CT molecular complexity index is 1380. The molecule has 6 rings (SSSR count). The number of hydrazone groups is 1. The lowest BCUT2D eigenvalue weighted by molar-refractivity contribution is 0.0538. The molecule has 0 amide bonds. The Kier molecular flexibility index (Phi) is 5.42. The number of rotatable bonds is 5. The van der Waals surface area contributed by atoms with Gasteiger partial charge < -0.3 is 4.74 Å². The van der Waals surface area contributed by atoms with Crippen molar-refractivity contribution in [1.29, 1.82) is 0 Å². The Morgan fingerprint density at radius 3 is 2.23 bits per heavy atom. The van der Waals surface area contributed by atoms with Gasteiger partial charge in [0.2, 0.25) is 5.78 Å². The monoisotopic (exact) mass is 458 g/mol. The Labute approximate surface area is 205 Å². The highest BCUT2D eigenvalue weighted by molar-refractivity contribution is 6.02. The zero-order valence-corrected chi connectivity index (χ0v) is 19.5. The number of nitrogens with zero attached hydrogens (tertiary/aromatic N) is 2. The van der Waals surface area contributed by atoms with Gasteiger partial charge in [0.1, 0.15) is 11.8 Å². The average molecular weight is 459 g/mol. The zero-order valence-electron chi connectivity index (χ0n) is 19.5. The van der Waals surface area contributed by atoms with E-state index in [0.29, 0.717) is 5.56 Å². The molecule has 0 bridgehead atoms. The Morgan fingerprint density at radius 1 is 0.829 bits per heavy atom. The molecule has 0 saturated carbocycles. The number of hydrogen-bond acceptors (Lipinski definition) is 4. The first-order chi connectivity index (χ1) is 17.2. The first kappa shape index (κ1) is 21.4. The lowest BCUT2D eigenvalue weighted by Gasteiger charge is -2.32. The van der Waals surface area contributed by atoms with Gasteiger partial charge in [0, 0.05) is 17.5 Å². The molecular weight excluding hydrogens is 432 g/mol. The van der Waals surface area contributed by atoms with Gasteiger partial charge in [-0.3, -0.25) is 9.80 Å². The molecule has 0 radical (unpaired) electrons. The molecule has 0 spiro atoms. The number of fused-ring (bicyclic) bond motifs is 1. The van der Waals surface area contributed by atoms with Crippen LogP contribution in [0.2, 0.25) is 0 Å². The average Bonchev–Trinajstić information content (AvgIpc) is 3.51. The van der Waals surface area contributed by atoms with Crippen molar-refractivity contribution in [2.24, 2.45) is 5.10 Å². The van der Waals surface area contributed by atoms with E-state index in [4.69, 9.17) is 9.84 Å².